The lowest BCUT2D eigenvalue weighted by Crippen LogP contribution is -2.10. The molecule has 5 heteroatoms. The second kappa shape index (κ2) is 6.52. The number of thiophene rings is 1. The van der Waals surface area contributed by atoms with Crippen molar-refractivity contribution in [3.8, 4) is 5.75 Å². The molecule has 0 saturated carbocycles. The first kappa shape index (κ1) is 13.8. The zero-order valence-corrected chi connectivity index (χ0v) is 12.1. The van der Waals surface area contributed by atoms with E-state index in [0.717, 1.165) is 12.8 Å². The van der Waals surface area contributed by atoms with Gasteiger partial charge in [0.15, 0.2) is 11.5 Å². The van der Waals surface area contributed by atoms with Crippen LogP contribution < -0.4 is 4.74 Å². The van der Waals surface area contributed by atoms with Crippen molar-refractivity contribution in [2.75, 3.05) is 7.11 Å². The number of ketones is 1. The van der Waals surface area contributed by atoms with E-state index in [0.29, 0.717) is 24.4 Å². The van der Waals surface area contributed by atoms with Crippen LogP contribution in [0, 0.1) is 0 Å². The highest BCUT2D eigenvalue weighted by molar-refractivity contribution is 7.09. The normalized spacial score (nSPS) is 10.6. The van der Waals surface area contributed by atoms with E-state index in [1.54, 1.807) is 29.3 Å². The molecule has 0 saturated heterocycles. The molecule has 0 aliphatic heterocycles. The third-order valence-electron chi connectivity index (χ3n) is 3.00. The molecular weight excluding hydrogens is 260 g/mol. The van der Waals surface area contributed by atoms with Gasteiger partial charge < -0.3 is 4.74 Å². The lowest BCUT2D eigenvalue weighted by atomic mass is 10.1. The maximum atomic E-state index is 12.3. The number of hydrogen-bond acceptors (Lipinski definition) is 4. The SMILES string of the molecule is CCn1ncc(OC)c1C(=O)CCCc1cccs1. The number of Topliss-reactive ketones (excluding diaryl/α,β-unsaturated/α-hetero) is 1. The molecule has 0 aliphatic rings. The maximum Gasteiger partial charge on any atom is 0.184 e. The number of carbonyl (C=O) groups is 1. The van der Waals surface area contributed by atoms with Gasteiger partial charge in [0.05, 0.1) is 13.3 Å². The highest BCUT2D eigenvalue weighted by atomic mass is 32.1. The average molecular weight is 278 g/mol. The minimum atomic E-state index is 0.104. The molecule has 0 aromatic carbocycles. The van der Waals surface area contributed by atoms with Crippen molar-refractivity contribution in [2.45, 2.75) is 32.7 Å². The first-order chi connectivity index (χ1) is 9.26. The van der Waals surface area contributed by atoms with E-state index in [9.17, 15) is 4.79 Å². The van der Waals surface area contributed by atoms with Gasteiger partial charge in [0.25, 0.3) is 0 Å². The van der Waals surface area contributed by atoms with E-state index in [1.807, 2.05) is 13.0 Å². The lowest BCUT2D eigenvalue weighted by molar-refractivity contribution is 0.0967. The van der Waals surface area contributed by atoms with Gasteiger partial charge in [0.1, 0.15) is 5.69 Å². The van der Waals surface area contributed by atoms with Crippen LogP contribution >= 0.6 is 11.3 Å². The van der Waals surface area contributed by atoms with E-state index in [1.165, 1.54) is 4.88 Å². The van der Waals surface area contributed by atoms with Crippen molar-refractivity contribution in [3.63, 3.8) is 0 Å². The summed E-state index contributed by atoms with van der Waals surface area (Å²) >= 11 is 1.73. The summed E-state index contributed by atoms with van der Waals surface area (Å²) in [7, 11) is 1.57. The average Bonchev–Trinajstić information content (AvgIpc) is 3.06. The van der Waals surface area contributed by atoms with Crippen molar-refractivity contribution >= 4 is 17.1 Å². The van der Waals surface area contributed by atoms with Gasteiger partial charge >= 0.3 is 0 Å². The molecule has 0 spiro atoms. The number of rotatable bonds is 7. The van der Waals surface area contributed by atoms with E-state index in [-0.39, 0.29) is 5.78 Å². The Morgan fingerprint density at radius 2 is 2.37 bits per heavy atom. The molecule has 0 bridgehead atoms. The fourth-order valence-corrected chi connectivity index (χ4v) is 2.79. The van der Waals surface area contributed by atoms with Gasteiger partial charge in [-0.1, -0.05) is 6.07 Å². The van der Waals surface area contributed by atoms with Crippen molar-refractivity contribution in [2.24, 2.45) is 0 Å². The molecule has 19 heavy (non-hydrogen) atoms. The summed E-state index contributed by atoms with van der Waals surface area (Å²) in [5.41, 5.74) is 0.594. The topological polar surface area (TPSA) is 44.1 Å². The predicted molar refractivity (Wildman–Crippen MR) is 76.0 cm³/mol. The Morgan fingerprint density at radius 3 is 3.00 bits per heavy atom. The fraction of sp³-hybridized carbons (Fsp3) is 0.429. The molecule has 4 nitrogen and oxygen atoms in total. The molecule has 0 fully saturated rings. The van der Waals surface area contributed by atoms with Crippen LogP contribution in [0.2, 0.25) is 0 Å². The number of nitrogens with zero attached hydrogens (tertiary/aromatic N) is 2. The lowest BCUT2D eigenvalue weighted by Gasteiger charge is -2.06. The van der Waals surface area contributed by atoms with Gasteiger partial charge in [-0.2, -0.15) is 5.10 Å². The van der Waals surface area contributed by atoms with Gasteiger partial charge in [0.2, 0.25) is 0 Å². The standard InChI is InChI=1S/C14H18N2O2S/c1-3-16-14(13(18-2)10-15-16)12(17)8-4-6-11-7-5-9-19-11/h5,7,9-10H,3-4,6,8H2,1-2H3. The quantitative estimate of drug-likeness (QED) is 0.731. The van der Waals surface area contributed by atoms with E-state index < -0.39 is 0 Å². The molecular formula is C14H18N2O2S. The Kier molecular flexibility index (Phi) is 4.74. The van der Waals surface area contributed by atoms with Gasteiger partial charge in [-0.3, -0.25) is 9.48 Å². The van der Waals surface area contributed by atoms with Gasteiger partial charge in [0, 0.05) is 17.8 Å². The molecule has 0 N–H and O–H groups in total. The predicted octanol–water partition coefficient (Wildman–Crippen LogP) is 3.18. The molecule has 102 valence electrons. The van der Waals surface area contributed by atoms with Crippen LogP contribution in [0.4, 0.5) is 0 Å². The number of aromatic nitrogens is 2. The molecule has 2 rings (SSSR count). The fourth-order valence-electron chi connectivity index (χ4n) is 2.04. The Labute approximate surface area is 117 Å². The summed E-state index contributed by atoms with van der Waals surface area (Å²) in [6, 6.07) is 4.14. The zero-order valence-electron chi connectivity index (χ0n) is 11.3. The smallest absolute Gasteiger partial charge is 0.184 e. The minimum Gasteiger partial charge on any atom is -0.493 e. The van der Waals surface area contributed by atoms with Crippen LogP contribution in [-0.4, -0.2) is 22.7 Å². The van der Waals surface area contributed by atoms with Gasteiger partial charge in [-0.25, -0.2) is 0 Å². The third kappa shape index (κ3) is 3.23. The molecule has 0 unspecified atom stereocenters. The van der Waals surface area contributed by atoms with Crippen molar-refractivity contribution in [1.29, 1.82) is 0 Å². The largest absolute Gasteiger partial charge is 0.493 e. The number of ether oxygens (including phenoxy) is 1. The second-order valence-corrected chi connectivity index (χ2v) is 5.27. The van der Waals surface area contributed by atoms with Gasteiger partial charge in [-0.05, 0) is 31.2 Å². The molecule has 2 aromatic heterocycles. The Balaban J connectivity index is 1.97. The monoisotopic (exact) mass is 278 g/mol. The molecule has 0 radical (unpaired) electrons. The first-order valence-electron chi connectivity index (χ1n) is 6.41. The van der Waals surface area contributed by atoms with Crippen LogP contribution in [0.3, 0.4) is 0 Å². The summed E-state index contributed by atoms with van der Waals surface area (Å²) in [6.07, 6.45) is 3.94. The first-order valence-corrected chi connectivity index (χ1v) is 7.29. The Bertz CT molecular complexity index is 510. The summed E-state index contributed by atoms with van der Waals surface area (Å²) in [5.74, 6) is 0.677. The minimum absolute atomic E-state index is 0.104. The third-order valence-corrected chi connectivity index (χ3v) is 3.93. The number of hydrogen-bond donors (Lipinski definition) is 0. The summed E-state index contributed by atoms with van der Waals surface area (Å²) in [5, 5.41) is 6.22. The number of carbonyl (C=O) groups excluding carboxylic acids is 1. The molecule has 0 aliphatic carbocycles. The van der Waals surface area contributed by atoms with Crippen LogP contribution in [-0.2, 0) is 13.0 Å². The Morgan fingerprint density at radius 1 is 1.53 bits per heavy atom. The highest BCUT2D eigenvalue weighted by Gasteiger charge is 2.18. The Hall–Kier alpha value is -1.62. The molecule has 0 amide bonds. The number of methoxy groups -OCH3 is 1. The zero-order chi connectivity index (χ0) is 13.7. The van der Waals surface area contributed by atoms with E-state index in [2.05, 4.69) is 16.5 Å². The highest BCUT2D eigenvalue weighted by Crippen LogP contribution is 2.21. The molecule has 0 atom stereocenters. The number of aryl methyl sites for hydroxylation is 2. The summed E-state index contributed by atoms with van der Waals surface area (Å²) < 4.78 is 6.90. The molecule has 2 aromatic rings. The van der Waals surface area contributed by atoms with Crippen molar-refractivity contribution < 1.29 is 9.53 Å². The van der Waals surface area contributed by atoms with Gasteiger partial charge in [-0.15, -0.1) is 11.3 Å². The van der Waals surface area contributed by atoms with Crippen molar-refractivity contribution in [3.05, 3.63) is 34.3 Å². The summed E-state index contributed by atoms with van der Waals surface area (Å²) in [4.78, 5) is 13.6. The molecule has 2 heterocycles. The van der Waals surface area contributed by atoms with Crippen LogP contribution in [0.1, 0.15) is 35.1 Å². The summed E-state index contributed by atoms with van der Waals surface area (Å²) in [6.45, 7) is 2.64. The van der Waals surface area contributed by atoms with Crippen molar-refractivity contribution in [1.82, 2.24) is 9.78 Å². The van der Waals surface area contributed by atoms with Crippen LogP contribution in [0.25, 0.3) is 0 Å². The maximum absolute atomic E-state index is 12.3. The second-order valence-electron chi connectivity index (χ2n) is 4.23. The van der Waals surface area contributed by atoms with Crippen LogP contribution in [0.5, 0.6) is 5.75 Å². The van der Waals surface area contributed by atoms with E-state index in [4.69, 9.17) is 4.74 Å². The van der Waals surface area contributed by atoms with Crippen LogP contribution in [0.15, 0.2) is 23.7 Å². The van der Waals surface area contributed by atoms with E-state index >= 15 is 0 Å².